The predicted molar refractivity (Wildman–Crippen MR) is 103 cm³/mol. The van der Waals surface area contributed by atoms with E-state index in [2.05, 4.69) is 17.7 Å². The van der Waals surface area contributed by atoms with Crippen molar-refractivity contribution in [3.63, 3.8) is 0 Å². The Morgan fingerprint density at radius 3 is 2.42 bits per heavy atom. The maximum Gasteiger partial charge on any atom is 0.320 e. The lowest BCUT2D eigenvalue weighted by Gasteiger charge is -2.41. The van der Waals surface area contributed by atoms with Gasteiger partial charge in [0.15, 0.2) is 0 Å². The number of nitrogens with one attached hydrogen (secondary N) is 3. The number of benzene rings is 1. The van der Waals surface area contributed by atoms with Crippen LogP contribution in [0.25, 0.3) is 0 Å². The lowest BCUT2D eigenvalue weighted by atomic mass is 9.80. The molecule has 2 fully saturated rings. The third-order valence-electron chi connectivity index (χ3n) is 5.50. The number of likely N-dealkylation sites (N-methyl/N-ethyl adjacent to an activating group) is 1. The van der Waals surface area contributed by atoms with Crippen molar-refractivity contribution < 1.29 is 14.5 Å². The van der Waals surface area contributed by atoms with Crippen LogP contribution in [0.3, 0.4) is 0 Å². The van der Waals surface area contributed by atoms with Crippen LogP contribution in [0.15, 0.2) is 24.3 Å². The number of carbonyl (C=O) groups excluding carboxylic acids is 2. The van der Waals surface area contributed by atoms with Gasteiger partial charge in [-0.3, -0.25) is 4.79 Å². The predicted octanol–water partition coefficient (Wildman–Crippen LogP) is 1.52. The van der Waals surface area contributed by atoms with Crippen LogP contribution in [0, 0.1) is 0 Å². The molecular formula is C19H28ClN4O2+. The van der Waals surface area contributed by atoms with E-state index in [1.54, 1.807) is 12.1 Å². The van der Waals surface area contributed by atoms with E-state index < -0.39 is 5.54 Å². The molecule has 1 aliphatic heterocycles. The van der Waals surface area contributed by atoms with Gasteiger partial charge in [-0.2, -0.15) is 0 Å². The number of anilines is 1. The molecule has 6 nitrogen and oxygen atoms in total. The number of amides is 3. The highest BCUT2D eigenvalue weighted by Crippen LogP contribution is 2.30. The minimum absolute atomic E-state index is 0.0685. The molecule has 2 aliphatic rings. The first-order valence-corrected chi connectivity index (χ1v) is 9.82. The van der Waals surface area contributed by atoms with Crippen molar-refractivity contribution in [2.24, 2.45) is 0 Å². The third-order valence-corrected chi connectivity index (χ3v) is 5.83. The molecule has 1 saturated carbocycles. The monoisotopic (exact) mass is 379 g/mol. The number of hydrogen-bond acceptors (Lipinski definition) is 2. The summed E-state index contributed by atoms with van der Waals surface area (Å²) in [5.41, 5.74) is -0.247. The lowest BCUT2D eigenvalue weighted by Crippen LogP contribution is -3.12. The van der Waals surface area contributed by atoms with Gasteiger partial charge in [-0.25, -0.2) is 4.79 Å². The quantitative estimate of drug-likeness (QED) is 0.745. The number of para-hydroxylation sites is 1. The normalized spacial score (nSPS) is 20.5. The number of hydrogen-bond donors (Lipinski definition) is 3. The average molecular weight is 380 g/mol. The molecule has 7 heteroatoms. The highest BCUT2D eigenvalue weighted by Gasteiger charge is 2.44. The van der Waals surface area contributed by atoms with Gasteiger partial charge in [0.05, 0.1) is 43.9 Å². The molecule has 0 bridgehead atoms. The molecule has 1 aliphatic carbocycles. The Kier molecular flexibility index (Phi) is 6.04. The Balaban J connectivity index is 1.71. The fourth-order valence-corrected chi connectivity index (χ4v) is 4.06. The molecule has 1 saturated heterocycles. The second-order valence-corrected chi connectivity index (χ2v) is 7.86. The summed E-state index contributed by atoms with van der Waals surface area (Å²) in [6.07, 6.45) is 4.41. The van der Waals surface area contributed by atoms with E-state index in [0.29, 0.717) is 23.6 Å². The maximum absolute atomic E-state index is 13.3. The van der Waals surface area contributed by atoms with Gasteiger partial charge in [-0.15, -0.1) is 0 Å². The summed E-state index contributed by atoms with van der Waals surface area (Å²) in [7, 11) is 2.15. The first kappa shape index (κ1) is 19.0. The summed E-state index contributed by atoms with van der Waals surface area (Å²) >= 11 is 6.12. The van der Waals surface area contributed by atoms with E-state index in [4.69, 9.17) is 11.6 Å². The molecule has 0 radical (unpaired) electrons. The molecule has 0 spiro atoms. The molecule has 1 aromatic rings. The average Bonchev–Trinajstić information content (AvgIpc) is 2.64. The standard InChI is InChI=1S/C19H27ClN4O2/c1-23-11-13-24(14-12-23)17(25)19(9-5-2-6-10-19)22-18(26)21-16-8-4-3-7-15(16)20/h3-4,7-8H,2,5-6,9-14H2,1H3,(H2,21,22,26)/p+1. The topological polar surface area (TPSA) is 65.9 Å². The van der Waals surface area contributed by atoms with Crippen molar-refractivity contribution in [2.45, 2.75) is 37.6 Å². The van der Waals surface area contributed by atoms with Crippen molar-refractivity contribution in [2.75, 3.05) is 38.5 Å². The number of quaternary nitrogens is 1. The van der Waals surface area contributed by atoms with Crippen molar-refractivity contribution in [1.82, 2.24) is 10.2 Å². The fraction of sp³-hybridized carbons (Fsp3) is 0.579. The van der Waals surface area contributed by atoms with Crippen LogP contribution >= 0.6 is 11.6 Å². The molecule has 0 atom stereocenters. The van der Waals surface area contributed by atoms with Crippen LogP contribution in [0.4, 0.5) is 10.5 Å². The zero-order chi connectivity index (χ0) is 18.6. The van der Waals surface area contributed by atoms with E-state index in [1.807, 2.05) is 17.0 Å². The summed E-state index contributed by atoms with van der Waals surface area (Å²) in [5.74, 6) is 0.0685. The molecule has 1 heterocycles. The molecule has 3 amide bonds. The van der Waals surface area contributed by atoms with Gasteiger partial charge < -0.3 is 20.4 Å². The van der Waals surface area contributed by atoms with Gasteiger partial charge in [0.2, 0.25) is 5.91 Å². The maximum atomic E-state index is 13.3. The van der Waals surface area contributed by atoms with E-state index in [9.17, 15) is 9.59 Å². The molecular weight excluding hydrogens is 352 g/mol. The number of rotatable bonds is 3. The van der Waals surface area contributed by atoms with Crippen molar-refractivity contribution in [3.8, 4) is 0 Å². The summed E-state index contributed by atoms with van der Waals surface area (Å²) in [6.45, 7) is 3.40. The minimum atomic E-state index is -0.797. The third kappa shape index (κ3) is 4.30. The van der Waals surface area contributed by atoms with E-state index in [-0.39, 0.29) is 11.9 Å². The van der Waals surface area contributed by atoms with Crippen molar-refractivity contribution >= 4 is 29.2 Å². The second-order valence-electron chi connectivity index (χ2n) is 7.45. The highest BCUT2D eigenvalue weighted by molar-refractivity contribution is 6.33. The second kappa shape index (κ2) is 8.27. The molecule has 3 rings (SSSR count). The summed E-state index contributed by atoms with van der Waals surface area (Å²) in [5, 5.41) is 6.28. The van der Waals surface area contributed by atoms with Gasteiger partial charge in [-0.05, 0) is 25.0 Å². The van der Waals surface area contributed by atoms with Crippen LogP contribution in [0.1, 0.15) is 32.1 Å². The first-order chi connectivity index (χ1) is 12.5. The number of carbonyl (C=O) groups is 2. The molecule has 1 aromatic carbocycles. The summed E-state index contributed by atoms with van der Waals surface area (Å²) < 4.78 is 0. The first-order valence-electron chi connectivity index (χ1n) is 9.44. The molecule has 0 aromatic heterocycles. The lowest BCUT2D eigenvalue weighted by molar-refractivity contribution is -0.883. The zero-order valence-corrected chi connectivity index (χ0v) is 16.1. The molecule has 26 heavy (non-hydrogen) atoms. The van der Waals surface area contributed by atoms with Crippen LogP contribution in [0.5, 0.6) is 0 Å². The van der Waals surface area contributed by atoms with E-state index >= 15 is 0 Å². The van der Waals surface area contributed by atoms with Crippen molar-refractivity contribution in [3.05, 3.63) is 29.3 Å². The largest absolute Gasteiger partial charge is 0.334 e. The van der Waals surface area contributed by atoms with Gasteiger partial charge in [0.1, 0.15) is 5.54 Å². The number of piperazine rings is 1. The Bertz CT molecular complexity index is 653. The Hall–Kier alpha value is -1.79. The van der Waals surface area contributed by atoms with E-state index in [0.717, 1.165) is 45.4 Å². The van der Waals surface area contributed by atoms with Gasteiger partial charge in [0, 0.05) is 0 Å². The Labute approximate surface area is 159 Å². The van der Waals surface area contributed by atoms with Gasteiger partial charge in [0.25, 0.3) is 0 Å². The van der Waals surface area contributed by atoms with Crippen LogP contribution in [-0.2, 0) is 4.79 Å². The minimum Gasteiger partial charge on any atom is -0.334 e. The number of halogens is 1. The SMILES string of the molecule is C[NH+]1CCN(C(=O)C2(NC(=O)Nc3ccccc3Cl)CCCCC2)CC1. The fourth-order valence-electron chi connectivity index (χ4n) is 3.88. The van der Waals surface area contributed by atoms with Crippen LogP contribution < -0.4 is 15.5 Å². The summed E-state index contributed by atoms with van der Waals surface area (Å²) in [4.78, 5) is 29.3. The Morgan fingerprint density at radius 2 is 1.77 bits per heavy atom. The Morgan fingerprint density at radius 1 is 1.12 bits per heavy atom. The molecule has 0 unspecified atom stereocenters. The van der Waals surface area contributed by atoms with Crippen LogP contribution in [-0.4, -0.2) is 55.6 Å². The molecule has 142 valence electrons. The smallest absolute Gasteiger partial charge is 0.320 e. The zero-order valence-electron chi connectivity index (χ0n) is 15.3. The van der Waals surface area contributed by atoms with E-state index in [1.165, 1.54) is 4.90 Å². The molecule has 3 N–H and O–H groups in total. The number of urea groups is 1. The highest BCUT2D eigenvalue weighted by atomic mass is 35.5. The van der Waals surface area contributed by atoms with Crippen LogP contribution in [0.2, 0.25) is 5.02 Å². The van der Waals surface area contributed by atoms with Gasteiger partial charge >= 0.3 is 6.03 Å². The van der Waals surface area contributed by atoms with Gasteiger partial charge in [-0.1, -0.05) is 43.0 Å². The number of nitrogens with zero attached hydrogens (tertiary/aromatic N) is 1. The summed E-state index contributed by atoms with van der Waals surface area (Å²) in [6, 6.07) is 6.74. The van der Waals surface area contributed by atoms with Crippen molar-refractivity contribution in [1.29, 1.82) is 0 Å².